The summed E-state index contributed by atoms with van der Waals surface area (Å²) in [5.74, 6) is 0.801. The quantitative estimate of drug-likeness (QED) is 0.618. The Balaban J connectivity index is 2.11. The average molecular weight is 194 g/mol. The van der Waals surface area contributed by atoms with Gasteiger partial charge in [-0.05, 0) is 19.4 Å². The molecule has 4 N–H and O–H groups in total. The minimum atomic E-state index is -0.451. The highest BCUT2D eigenvalue weighted by Gasteiger charge is 2.18. The highest BCUT2D eigenvalue weighted by atomic mass is 16.1. The summed E-state index contributed by atoms with van der Waals surface area (Å²) in [5.41, 5.74) is 5.52. The number of aromatic amines is 1. The lowest BCUT2D eigenvalue weighted by Crippen LogP contribution is -2.29. The second kappa shape index (κ2) is 3.79. The van der Waals surface area contributed by atoms with Crippen molar-refractivity contribution in [1.82, 2.24) is 15.3 Å². The summed E-state index contributed by atoms with van der Waals surface area (Å²) in [6.07, 6.45) is 3.77. The number of nitrogens with two attached hydrogens (primary N) is 1. The number of hydrogen-bond donors (Lipinski definition) is 3. The molecule has 1 aromatic heterocycles. The van der Waals surface area contributed by atoms with Crippen molar-refractivity contribution < 1.29 is 4.79 Å². The van der Waals surface area contributed by atoms with Crippen LogP contribution in [0.25, 0.3) is 0 Å². The predicted molar refractivity (Wildman–Crippen MR) is 52.0 cm³/mol. The summed E-state index contributed by atoms with van der Waals surface area (Å²) in [4.78, 5) is 18.0. The van der Waals surface area contributed by atoms with Crippen LogP contribution >= 0.6 is 0 Å². The largest absolute Gasteiger partial charge is 0.364 e. The van der Waals surface area contributed by atoms with Gasteiger partial charge in [-0.15, -0.1) is 0 Å². The van der Waals surface area contributed by atoms with Gasteiger partial charge < -0.3 is 16.0 Å². The maximum Gasteiger partial charge on any atom is 0.266 e. The molecule has 5 heteroatoms. The lowest BCUT2D eigenvalue weighted by molar-refractivity contribution is 0.0996. The van der Waals surface area contributed by atoms with Crippen molar-refractivity contribution in [2.24, 2.45) is 5.73 Å². The molecule has 1 aliphatic rings. The molecule has 0 bridgehead atoms. The fraction of sp³-hybridized carbons (Fsp3) is 0.556. The van der Waals surface area contributed by atoms with Gasteiger partial charge in [-0.25, -0.2) is 4.98 Å². The number of primary amides is 1. The standard InChI is InChI=1S/C9H14N4O/c10-8(14)7-5-12-9(13-7)6-2-1-3-11-4-6/h5-6,11H,1-4H2,(H2,10,14)(H,12,13). The molecule has 1 unspecified atom stereocenters. The molecule has 0 aromatic carbocycles. The molecule has 76 valence electrons. The van der Waals surface area contributed by atoms with Gasteiger partial charge in [0.2, 0.25) is 0 Å². The van der Waals surface area contributed by atoms with E-state index in [-0.39, 0.29) is 0 Å². The first-order valence-corrected chi connectivity index (χ1v) is 4.83. The molecular weight excluding hydrogens is 180 g/mol. The SMILES string of the molecule is NC(=O)c1cnc(C2CCCNC2)[nH]1. The Kier molecular flexibility index (Phi) is 2.49. The number of hydrogen-bond acceptors (Lipinski definition) is 3. The zero-order valence-electron chi connectivity index (χ0n) is 7.92. The summed E-state index contributed by atoms with van der Waals surface area (Å²) >= 11 is 0. The molecule has 1 fully saturated rings. The summed E-state index contributed by atoms with van der Waals surface area (Å²) in [6.45, 7) is 1.99. The number of nitrogens with one attached hydrogen (secondary N) is 2. The van der Waals surface area contributed by atoms with Crippen molar-refractivity contribution in [3.05, 3.63) is 17.7 Å². The average Bonchev–Trinajstić information content (AvgIpc) is 2.68. The molecule has 1 saturated heterocycles. The number of carbonyl (C=O) groups is 1. The summed E-state index contributed by atoms with van der Waals surface area (Å²) in [5, 5.41) is 3.30. The summed E-state index contributed by atoms with van der Waals surface area (Å²) < 4.78 is 0. The summed E-state index contributed by atoms with van der Waals surface area (Å²) in [6, 6.07) is 0. The molecule has 0 aliphatic carbocycles. The number of nitrogens with zero attached hydrogens (tertiary/aromatic N) is 1. The van der Waals surface area contributed by atoms with Gasteiger partial charge in [-0.2, -0.15) is 0 Å². The van der Waals surface area contributed by atoms with Crippen molar-refractivity contribution >= 4 is 5.91 Å². The van der Waals surface area contributed by atoms with Crippen LogP contribution in [0.15, 0.2) is 6.20 Å². The van der Waals surface area contributed by atoms with Gasteiger partial charge in [-0.3, -0.25) is 4.79 Å². The van der Waals surface area contributed by atoms with Crippen molar-refractivity contribution in [1.29, 1.82) is 0 Å². The minimum Gasteiger partial charge on any atom is -0.364 e. The Bertz CT molecular complexity index is 327. The molecule has 2 heterocycles. The van der Waals surface area contributed by atoms with Crippen LogP contribution in [0, 0.1) is 0 Å². The van der Waals surface area contributed by atoms with Gasteiger partial charge >= 0.3 is 0 Å². The normalized spacial score (nSPS) is 22.1. The first-order chi connectivity index (χ1) is 6.77. The third-order valence-electron chi connectivity index (χ3n) is 2.54. The highest BCUT2D eigenvalue weighted by molar-refractivity contribution is 5.90. The van der Waals surface area contributed by atoms with Gasteiger partial charge in [0, 0.05) is 12.5 Å². The Morgan fingerprint density at radius 2 is 2.50 bits per heavy atom. The van der Waals surface area contributed by atoms with E-state index in [1.54, 1.807) is 0 Å². The number of piperidine rings is 1. The molecule has 1 aromatic rings. The van der Waals surface area contributed by atoms with Crippen LogP contribution in [0.1, 0.15) is 35.1 Å². The van der Waals surface area contributed by atoms with Crippen molar-refractivity contribution in [3.8, 4) is 0 Å². The maximum atomic E-state index is 10.8. The molecule has 0 saturated carbocycles. The zero-order valence-corrected chi connectivity index (χ0v) is 7.92. The van der Waals surface area contributed by atoms with E-state index in [9.17, 15) is 4.79 Å². The van der Waals surface area contributed by atoms with E-state index in [4.69, 9.17) is 5.73 Å². The molecule has 14 heavy (non-hydrogen) atoms. The third kappa shape index (κ3) is 1.77. The maximum absolute atomic E-state index is 10.8. The highest BCUT2D eigenvalue weighted by Crippen LogP contribution is 2.19. The van der Waals surface area contributed by atoms with Crippen molar-refractivity contribution in [3.63, 3.8) is 0 Å². The molecule has 1 atom stereocenters. The number of carbonyl (C=O) groups excluding carboxylic acids is 1. The molecular formula is C9H14N4O. The van der Waals surface area contributed by atoms with E-state index in [2.05, 4.69) is 15.3 Å². The lowest BCUT2D eigenvalue weighted by atomic mass is 9.99. The zero-order chi connectivity index (χ0) is 9.97. The fourth-order valence-electron chi connectivity index (χ4n) is 1.75. The number of aromatic nitrogens is 2. The van der Waals surface area contributed by atoms with Gasteiger partial charge in [-0.1, -0.05) is 0 Å². The van der Waals surface area contributed by atoms with Crippen LogP contribution < -0.4 is 11.1 Å². The van der Waals surface area contributed by atoms with E-state index in [0.29, 0.717) is 11.6 Å². The molecule has 1 aliphatic heterocycles. The number of imidazole rings is 1. The number of amides is 1. The second-order valence-corrected chi connectivity index (χ2v) is 3.59. The second-order valence-electron chi connectivity index (χ2n) is 3.59. The van der Waals surface area contributed by atoms with Crippen LogP contribution in [-0.2, 0) is 0 Å². The van der Waals surface area contributed by atoms with E-state index >= 15 is 0 Å². The molecule has 0 spiro atoms. The van der Waals surface area contributed by atoms with Crippen LogP contribution in [0.2, 0.25) is 0 Å². The van der Waals surface area contributed by atoms with Crippen LogP contribution in [0.3, 0.4) is 0 Å². The van der Waals surface area contributed by atoms with Crippen LogP contribution in [0.5, 0.6) is 0 Å². The van der Waals surface area contributed by atoms with E-state index < -0.39 is 5.91 Å². The molecule has 1 amide bonds. The van der Waals surface area contributed by atoms with Gasteiger partial charge in [0.1, 0.15) is 11.5 Å². The van der Waals surface area contributed by atoms with Crippen molar-refractivity contribution in [2.75, 3.05) is 13.1 Å². The Labute approximate surface area is 82.1 Å². The van der Waals surface area contributed by atoms with Crippen LogP contribution in [0.4, 0.5) is 0 Å². The molecule has 0 radical (unpaired) electrons. The minimum absolute atomic E-state index is 0.386. The Morgan fingerprint density at radius 1 is 1.64 bits per heavy atom. The van der Waals surface area contributed by atoms with Crippen LogP contribution in [-0.4, -0.2) is 29.0 Å². The smallest absolute Gasteiger partial charge is 0.266 e. The Morgan fingerprint density at radius 3 is 3.07 bits per heavy atom. The Hall–Kier alpha value is -1.36. The van der Waals surface area contributed by atoms with E-state index in [1.807, 2.05) is 0 Å². The van der Waals surface area contributed by atoms with E-state index in [0.717, 1.165) is 31.8 Å². The number of H-pyrrole nitrogens is 1. The molecule has 5 nitrogen and oxygen atoms in total. The predicted octanol–water partition coefficient (Wildman–Crippen LogP) is -0.0244. The molecule has 2 rings (SSSR count). The first-order valence-electron chi connectivity index (χ1n) is 4.83. The van der Waals surface area contributed by atoms with Gasteiger partial charge in [0.05, 0.1) is 6.20 Å². The first kappa shape index (κ1) is 9.21. The lowest BCUT2D eigenvalue weighted by Gasteiger charge is -2.20. The topological polar surface area (TPSA) is 83.8 Å². The monoisotopic (exact) mass is 194 g/mol. The van der Waals surface area contributed by atoms with E-state index in [1.165, 1.54) is 6.20 Å². The third-order valence-corrected chi connectivity index (χ3v) is 2.54. The fourth-order valence-corrected chi connectivity index (χ4v) is 1.75. The summed E-state index contributed by atoms with van der Waals surface area (Å²) in [7, 11) is 0. The number of rotatable bonds is 2. The van der Waals surface area contributed by atoms with Gasteiger partial charge in [0.15, 0.2) is 0 Å². The van der Waals surface area contributed by atoms with Crippen molar-refractivity contribution in [2.45, 2.75) is 18.8 Å². The van der Waals surface area contributed by atoms with Gasteiger partial charge in [0.25, 0.3) is 5.91 Å².